The molecule has 1 aromatic heterocycles. The van der Waals surface area contributed by atoms with Crippen LogP contribution in [0.4, 0.5) is 0 Å². The third-order valence-electron chi connectivity index (χ3n) is 3.18. The van der Waals surface area contributed by atoms with E-state index in [-0.39, 0.29) is 5.91 Å². The Morgan fingerprint density at radius 1 is 1.65 bits per heavy atom. The Hall–Kier alpha value is -0.390. The van der Waals surface area contributed by atoms with Gasteiger partial charge in [0.05, 0.1) is 0 Å². The fourth-order valence-electron chi connectivity index (χ4n) is 2.12. The summed E-state index contributed by atoms with van der Waals surface area (Å²) in [7, 11) is 0. The molecule has 0 bridgehead atoms. The van der Waals surface area contributed by atoms with E-state index in [9.17, 15) is 4.79 Å². The van der Waals surface area contributed by atoms with E-state index in [4.69, 9.17) is 5.73 Å². The number of hydrogen-bond donors (Lipinski definition) is 1. The molecule has 1 aliphatic heterocycles. The van der Waals surface area contributed by atoms with Crippen LogP contribution in [0.1, 0.15) is 17.7 Å². The van der Waals surface area contributed by atoms with Crippen LogP contribution in [0.5, 0.6) is 0 Å². The Morgan fingerprint density at radius 2 is 2.47 bits per heavy atom. The SMILES string of the molecule is NCC1CCN(C(=O)CCc2cc(Br)cs2)C1. The van der Waals surface area contributed by atoms with E-state index >= 15 is 0 Å². The second kappa shape index (κ2) is 5.98. The van der Waals surface area contributed by atoms with Crippen molar-refractivity contribution < 1.29 is 4.79 Å². The first-order chi connectivity index (χ1) is 8.19. The van der Waals surface area contributed by atoms with Gasteiger partial charge in [-0.3, -0.25) is 4.79 Å². The van der Waals surface area contributed by atoms with E-state index in [1.807, 2.05) is 4.90 Å². The van der Waals surface area contributed by atoms with Crippen molar-refractivity contribution in [3.05, 3.63) is 20.8 Å². The summed E-state index contributed by atoms with van der Waals surface area (Å²) < 4.78 is 1.11. The molecule has 2 rings (SSSR count). The van der Waals surface area contributed by atoms with Gasteiger partial charge in [0.2, 0.25) is 5.91 Å². The first-order valence-corrected chi connectivity index (χ1v) is 7.57. The molecule has 0 spiro atoms. The third-order valence-corrected chi connectivity index (χ3v) is 4.94. The lowest BCUT2D eigenvalue weighted by Crippen LogP contribution is -2.29. The lowest BCUT2D eigenvalue weighted by Gasteiger charge is -2.15. The van der Waals surface area contributed by atoms with E-state index in [2.05, 4.69) is 27.4 Å². The maximum atomic E-state index is 12.0. The van der Waals surface area contributed by atoms with Crippen LogP contribution >= 0.6 is 27.3 Å². The van der Waals surface area contributed by atoms with Gasteiger partial charge in [0, 0.05) is 34.2 Å². The van der Waals surface area contributed by atoms with Crippen molar-refractivity contribution in [3.8, 4) is 0 Å². The largest absolute Gasteiger partial charge is 0.342 e. The zero-order chi connectivity index (χ0) is 12.3. The first kappa shape index (κ1) is 13.1. The normalized spacial score (nSPS) is 19.9. The highest BCUT2D eigenvalue weighted by Gasteiger charge is 2.24. The lowest BCUT2D eigenvalue weighted by atomic mass is 10.1. The van der Waals surface area contributed by atoms with E-state index in [1.165, 1.54) is 4.88 Å². The molecule has 0 aliphatic carbocycles. The van der Waals surface area contributed by atoms with Crippen LogP contribution in [0.2, 0.25) is 0 Å². The van der Waals surface area contributed by atoms with Gasteiger partial charge in [-0.2, -0.15) is 0 Å². The maximum Gasteiger partial charge on any atom is 0.222 e. The molecule has 17 heavy (non-hydrogen) atoms. The third kappa shape index (κ3) is 3.53. The Kier molecular flexibility index (Phi) is 4.59. The van der Waals surface area contributed by atoms with Crippen molar-refractivity contribution in [2.24, 2.45) is 11.7 Å². The predicted octanol–water partition coefficient (Wildman–Crippen LogP) is 2.25. The molecule has 94 valence electrons. The number of halogens is 1. The van der Waals surface area contributed by atoms with Gasteiger partial charge in [0.1, 0.15) is 0 Å². The molecule has 1 aliphatic rings. The molecular weight excluding hydrogens is 300 g/mol. The Labute approximate surface area is 114 Å². The monoisotopic (exact) mass is 316 g/mol. The van der Waals surface area contributed by atoms with Gasteiger partial charge in [-0.25, -0.2) is 0 Å². The minimum absolute atomic E-state index is 0.269. The van der Waals surface area contributed by atoms with Crippen LogP contribution in [-0.2, 0) is 11.2 Å². The molecule has 5 heteroatoms. The van der Waals surface area contributed by atoms with Gasteiger partial charge >= 0.3 is 0 Å². The Balaban J connectivity index is 1.78. The zero-order valence-electron chi connectivity index (χ0n) is 9.69. The summed E-state index contributed by atoms with van der Waals surface area (Å²) >= 11 is 5.13. The van der Waals surface area contributed by atoms with Crippen molar-refractivity contribution in [2.45, 2.75) is 19.3 Å². The molecule has 1 aromatic rings. The topological polar surface area (TPSA) is 46.3 Å². The first-order valence-electron chi connectivity index (χ1n) is 5.90. The highest BCUT2D eigenvalue weighted by atomic mass is 79.9. The average Bonchev–Trinajstić information content (AvgIpc) is 2.94. The van der Waals surface area contributed by atoms with Gasteiger partial charge in [-0.1, -0.05) is 0 Å². The number of nitrogens with two attached hydrogens (primary N) is 1. The van der Waals surface area contributed by atoms with Crippen LogP contribution in [-0.4, -0.2) is 30.4 Å². The summed E-state index contributed by atoms with van der Waals surface area (Å²) in [6.45, 7) is 2.43. The number of likely N-dealkylation sites (tertiary alicyclic amines) is 1. The van der Waals surface area contributed by atoms with Gasteiger partial charge in [0.25, 0.3) is 0 Å². The number of thiophene rings is 1. The molecule has 3 nitrogen and oxygen atoms in total. The summed E-state index contributed by atoms with van der Waals surface area (Å²) in [5.74, 6) is 0.778. The fourth-order valence-corrected chi connectivity index (χ4v) is 3.58. The predicted molar refractivity (Wildman–Crippen MR) is 74.1 cm³/mol. The van der Waals surface area contributed by atoms with Crippen molar-refractivity contribution in [2.75, 3.05) is 19.6 Å². The standard InChI is InChI=1S/C12H17BrN2OS/c13-10-5-11(17-8-10)1-2-12(16)15-4-3-9(6-14)7-15/h5,8-9H,1-4,6-7,14H2. The molecule has 0 saturated carbocycles. The molecule has 2 heterocycles. The van der Waals surface area contributed by atoms with Crippen LogP contribution in [0.3, 0.4) is 0 Å². The Morgan fingerprint density at radius 3 is 3.06 bits per heavy atom. The van der Waals surface area contributed by atoms with E-state index in [1.54, 1.807) is 11.3 Å². The van der Waals surface area contributed by atoms with Crippen LogP contribution in [0.25, 0.3) is 0 Å². The van der Waals surface area contributed by atoms with Crippen molar-refractivity contribution in [1.82, 2.24) is 4.90 Å². The zero-order valence-corrected chi connectivity index (χ0v) is 12.1. The molecule has 1 saturated heterocycles. The van der Waals surface area contributed by atoms with Crippen molar-refractivity contribution >= 4 is 33.2 Å². The fraction of sp³-hybridized carbons (Fsp3) is 0.583. The summed E-state index contributed by atoms with van der Waals surface area (Å²) in [5.41, 5.74) is 5.62. The number of carbonyl (C=O) groups excluding carboxylic acids is 1. The molecule has 2 N–H and O–H groups in total. The summed E-state index contributed by atoms with van der Waals surface area (Å²) in [6.07, 6.45) is 2.52. The maximum absolute atomic E-state index is 12.0. The molecule has 1 fully saturated rings. The number of hydrogen-bond acceptors (Lipinski definition) is 3. The number of carbonyl (C=O) groups is 1. The minimum atomic E-state index is 0.269. The lowest BCUT2D eigenvalue weighted by molar-refractivity contribution is -0.130. The Bertz CT molecular complexity index is 394. The van der Waals surface area contributed by atoms with Crippen LogP contribution in [0.15, 0.2) is 15.9 Å². The second-order valence-electron chi connectivity index (χ2n) is 4.46. The highest BCUT2D eigenvalue weighted by molar-refractivity contribution is 9.10. The molecule has 1 unspecified atom stereocenters. The van der Waals surface area contributed by atoms with Crippen molar-refractivity contribution in [3.63, 3.8) is 0 Å². The average molecular weight is 317 g/mol. The quantitative estimate of drug-likeness (QED) is 0.926. The molecule has 0 aromatic carbocycles. The highest BCUT2D eigenvalue weighted by Crippen LogP contribution is 2.22. The minimum Gasteiger partial charge on any atom is -0.342 e. The smallest absolute Gasteiger partial charge is 0.222 e. The van der Waals surface area contributed by atoms with Crippen LogP contribution < -0.4 is 5.73 Å². The number of aryl methyl sites for hydroxylation is 1. The number of rotatable bonds is 4. The van der Waals surface area contributed by atoms with Crippen LogP contribution in [0, 0.1) is 5.92 Å². The second-order valence-corrected chi connectivity index (χ2v) is 6.37. The summed E-state index contributed by atoms with van der Waals surface area (Å²) in [5, 5.41) is 2.06. The van der Waals surface area contributed by atoms with E-state index < -0.39 is 0 Å². The number of nitrogens with zero attached hydrogens (tertiary/aromatic N) is 1. The van der Waals surface area contributed by atoms with Gasteiger partial charge < -0.3 is 10.6 Å². The molecule has 1 atom stereocenters. The summed E-state index contributed by atoms with van der Waals surface area (Å²) in [6, 6.07) is 2.09. The molecule has 0 radical (unpaired) electrons. The molecular formula is C12H17BrN2OS. The van der Waals surface area contributed by atoms with Gasteiger partial charge in [-0.15, -0.1) is 11.3 Å². The van der Waals surface area contributed by atoms with E-state index in [0.717, 1.165) is 30.4 Å². The summed E-state index contributed by atoms with van der Waals surface area (Å²) in [4.78, 5) is 15.2. The number of amides is 1. The van der Waals surface area contributed by atoms with E-state index in [0.29, 0.717) is 18.9 Å². The molecule has 1 amide bonds. The van der Waals surface area contributed by atoms with Gasteiger partial charge in [0.15, 0.2) is 0 Å². The van der Waals surface area contributed by atoms with Gasteiger partial charge in [-0.05, 0) is 47.3 Å². The van der Waals surface area contributed by atoms with Crippen molar-refractivity contribution in [1.29, 1.82) is 0 Å².